The zero-order valence-electron chi connectivity index (χ0n) is 12.4. The quantitative estimate of drug-likeness (QED) is 0.902. The van der Waals surface area contributed by atoms with Crippen molar-refractivity contribution in [3.05, 3.63) is 65.5 Å². The lowest BCUT2D eigenvalue weighted by Gasteiger charge is -2.15. The monoisotopic (exact) mass is 323 g/mol. The minimum atomic E-state index is -4.39. The van der Waals surface area contributed by atoms with E-state index in [-0.39, 0.29) is 12.6 Å². The Labute approximate surface area is 131 Å². The van der Waals surface area contributed by atoms with Crippen molar-refractivity contribution >= 4 is 6.03 Å². The molecule has 4 nitrogen and oxygen atoms in total. The molecule has 2 rings (SSSR count). The van der Waals surface area contributed by atoms with Gasteiger partial charge in [-0.15, -0.1) is 0 Å². The minimum Gasteiger partial charge on any atom is -0.334 e. The van der Waals surface area contributed by atoms with E-state index in [9.17, 15) is 18.0 Å². The topological polar surface area (TPSA) is 54.0 Å². The first-order valence-electron chi connectivity index (χ1n) is 6.96. The maximum Gasteiger partial charge on any atom is 0.416 e. The smallest absolute Gasteiger partial charge is 0.334 e. The first kappa shape index (κ1) is 16.8. The van der Waals surface area contributed by atoms with Gasteiger partial charge in [-0.25, -0.2) is 4.79 Å². The van der Waals surface area contributed by atoms with Crippen molar-refractivity contribution in [1.29, 1.82) is 0 Å². The number of carbonyl (C=O) groups excluding carboxylic acids is 1. The lowest BCUT2D eigenvalue weighted by atomic mass is 10.1. The molecule has 122 valence electrons. The van der Waals surface area contributed by atoms with Gasteiger partial charge in [0.25, 0.3) is 0 Å². The molecule has 1 heterocycles. The predicted molar refractivity (Wildman–Crippen MR) is 79.5 cm³/mol. The fraction of sp³-hybridized carbons (Fsp3) is 0.250. The Morgan fingerprint density at radius 3 is 2.57 bits per heavy atom. The van der Waals surface area contributed by atoms with Crippen LogP contribution in [-0.2, 0) is 12.7 Å². The Balaban J connectivity index is 1.90. The Hall–Kier alpha value is -2.57. The summed E-state index contributed by atoms with van der Waals surface area (Å²) in [7, 11) is 0. The van der Waals surface area contributed by atoms with Crippen LogP contribution in [0.2, 0.25) is 0 Å². The highest BCUT2D eigenvalue weighted by molar-refractivity contribution is 5.74. The SMILES string of the molecule is CC(NC(=O)NCc1cccc(C(F)(F)F)c1)c1ccncc1. The molecule has 0 saturated heterocycles. The van der Waals surface area contributed by atoms with E-state index in [1.54, 1.807) is 31.5 Å². The molecule has 1 aromatic carbocycles. The molecule has 0 radical (unpaired) electrons. The Kier molecular flexibility index (Phi) is 5.20. The summed E-state index contributed by atoms with van der Waals surface area (Å²) >= 11 is 0. The molecule has 23 heavy (non-hydrogen) atoms. The molecule has 1 atom stereocenters. The summed E-state index contributed by atoms with van der Waals surface area (Å²) in [5.41, 5.74) is 0.531. The van der Waals surface area contributed by atoms with Crippen LogP contribution in [0.15, 0.2) is 48.8 Å². The van der Waals surface area contributed by atoms with Crippen molar-refractivity contribution in [2.45, 2.75) is 25.7 Å². The van der Waals surface area contributed by atoms with Crippen molar-refractivity contribution in [2.75, 3.05) is 0 Å². The van der Waals surface area contributed by atoms with Gasteiger partial charge in [-0.05, 0) is 42.3 Å². The molecular formula is C16H16F3N3O. The molecule has 0 aliphatic heterocycles. The average Bonchev–Trinajstić information content (AvgIpc) is 2.53. The summed E-state index contributed by atoms with van der Waals surface area (Å²) in [5.74, 6) is 0. The zero-order chi connectivity index (χ0) is 16.9. The van der Waals surface area contributed by atoms with Gasteiger partial charge < -0.3 is 10.6 Å². The van der Waals surface area contributed by atoms with Crippen LogP contribution in [0.4, 0.5) is 18.0 Å². The number of hydrogen-bond acceptors (Lipinski definition) is 2. The molecule has 0 aliphatic carbocycles. The fourth-order valence-corrected chi connectivity index (χ4v) is 2.02. The maximum absolute atomic E-state index is 12.6. The van der Waals surface area contributed by atoms with Gasteiger partial charge in [0, 0.05) is 18.9 Å². The first-order chi connectivity index (χ1) is 10.9. The van der Waals surface area contributed by atoms with Crippen LogP contribution < -0.4 is 10.6 Å². The highest BCUT2D eigenvalue weighted by Gasteiger charge is 2.30. The van der Waals surface area contributed by atoms with Crippen LogP contribution in [0.3, 0.4) is 0 Å². The number of aromatic nitrogens is 1. The van der Waals surface area contributed by atoms with E-state index in [0.29, 0.717) is 5.56 Å². The Morgan fingerprint density at radius 1 is 1.22 bits per heavy atom. The van der Waals surface area contributed by atoms with Crippen LogP contribution in [0, 0.1) is 0 Å². The van der Waals surface area contributed by atoms with E-state index in [1.165, 1.54) is 12.1 Å². The number of hydrogen-bond donors (Lipinski definition) is 2. The Morgan fingerprint density at radius 2 is 1.91 bits per heavy atom. The molecule has 0 saturated carbocycles. The average molecular weight is 323 g/mol. The first-order valence-corrected chi connectivity index (χ1v) is 6.96. The van der Waals surface area contributed by atoms with Gasteiger partial charge in [0.1, 0.15) is 0 Å². The van der Waals surface area contributed by atoms with E-state index in [4.69, 9.17) is 0 Å². The van der Waals surface area contributed by atoms with Gasteiger partial charge in [0.2, 0.25) is 0 Å². The van der Waals surface area contributed by atoms with Gasteiger partial charge in [-0.2, -0.15) is 13.2 Å². The number of amides is 2. The van der Waals surface area contributed by atoms with Gasteiger partial charge >= 0.3 is 12.2 Å². The highest BCUT2D eigenvalue weighted by Crippen LogP contribution is 2.29. The second kappa shape index (κ2) is 7.13. The number of benzene rings is 1. The largest absolute Gasteiger partial charge is 0.416 e. The fourth-order valence-electron chi connectivity index (χ4n) is 2.02. The van der Waals surface area contributed by atoms with Crippen LogP contribution >= 0.6 is 0 Å². The van der Waals surface area contributed by atoms with Gasteiger partial charge in [0.05, 0.1) is 11.6 Å². The third-order valence-corrected chi connectivity index (χ3v) is 3.26. The third-order valence-electron chi connectivity index (χ3n) is 3.26. The molecule has 0 spiro atoms. The molecular weight excluding hydrogens is 307 g/mol. The third kappa shape index (κ3) is 4.98. The molecule has 1 unspecified atom stereocenters. The van der Waals surface area contributed by atoms with E-state index < -0.39 is 17.8 Å². The predicted octanol–water partition coefficient (Wildman–Crippen LogP) is 3.66. The van der Waals surface area contributed by atoms with Crippen molar-refractivity contribution < 1.29 is 18.0 Å². The normalized spacial score (nSPS) is 12.5. The molecule has 1 aromatic heterocycles. The van der Waals surface area contributed by atoms with Gasteiger partial charge in [-0.1, -0.05) is 12.1 Å². The molecule has 7 heteroatoms. The maximum atomic E-state index is 12.6. The number of urea groups is 1. The standard InChI is InChI=1S/C16H16F3N3O/c1-11(13-5-7-20-8-6-13)22-15(23)21-10-12-3-2-4-14(9-12)16(17,18)19/h2-9,11H,10H2,1H3,(H2,21,22,23). The van der Waals surface area contributed by atoms with Crippen LogP contribution in [0.5, 0.6) is 0 Å². The summed E-state index contributed by atoms with van der Waals surface area (Å²) in [6, 6.07) is 7.72. The summed E-state index contributed by atoms with van der Waals surface area (Å²) in [6.07, 6.45) is -1.16. The van der Waals surface area contributed by atoms with E-state index in [2.05, 4.69) is 15.6 Å². The number of pyridine rings is 1. The molecule has 2 amide bonds. The second-order valence-corrected chi connectivity index (χ2v) is 5.03. The van der Waals surface area contributed by atoms with Crippen LogP contribution in [0.25, 0.3) is 0 Å². The van der Waals surface area contributed by atoms with Crippen LogP contribution in [0.1, 0.15) is 29.7 Å². The zero-order valence-corrected chi connectivity index (χ0v) is 12.4. The lowest BCUT2D eigenvalue weighted by Crippen LogP contribution is -2.36. The number of carbonyl (C=O) groups is 1. The molecule has 2 N–H and O–H groups in total. The van der Waals surface area contributed by atoms with Crippen molar-refractivity contribution in [3.63, 3.8) is 0 Å². The lowest BCUT2D eigenvalue weighted by molar-refractivity contribution is -0.137. The van der Waals surface area contributed by atoms with Gasteiger partial charge in [0.15, 0.2) is 0 Å². The number of nitrogens with one attached hydrogen (secondary N) is 2. The van der Waals surface area contributed by atoms with E-state index in [1.807, 2.05) is 0 Å². The summed E-state index contributed by atoms with van der Waals surface area (Å²) < 4.78 is 37.9. The summed E-state index contributed by atoms with van der Waals surface area (Å²) in [6.45, 7) is 1.82. The highest BCUT2D eigenvalue weighted by atomic mass is 19.4. The minimum absolute atomic E-state index is 0.0127. The molecule has 0 fully saturated rings. The van der Waals surface area contributed by atoms with E-state index in [0.717, 1.165) is 17.7 Å². The van der Waals surface area contributed by atoms with E-state index >= 15 is 0 Å². The van der Waals surface area contributed by atoms with Crippen molar-refractivity contribution in [3.8, 4) is 0 Å². The second-order valence-electron chi connectivity index (χ2n) is 5.03. The summed E-state index contributed by atoms with van der Waals surface area (Å²) in [5, 5.41) is 5.26. The van der Waals surface area contributed by atoms with Gasteiger partial charge in [-0.3, -0.25) is 4.98 Å². The van der Waals surface area contributed by atoms with Crippen LogP contribution in [-0.4, -0.2) is 11.0 Å². The molecule has 0 bridgehead atoms. The number of halogens is 3. The summed E-state index contributed by atoms with van der Waals surface area (Å²) in [4.78, 5) is 15.7. The number of nitrogens with zero attached hydrogens (tertiary/aromatic N) is 1. The molecule has 0 aliphatic rings. The number of rotatable bonds is 4. The van der Waals surface area contributed by atoms with Crippen molar-refractivity contribution in [1.82, 2.24) is 15.6 Å². The Bertz CT molecular complexity index is 659. The van der Waals surface area contributed by atoms with Crippen molar-refractivity contribution in [2.24, 2.45) is 0 Å². The molecule has 2 aromatic rings. The number of alkyl halides is 3.